The van der Waals surface area contributed by atoms with Gasteiger partial charge in [0.15, 0.2) is 5.69 Å². The minimum atomic E-state index is -1.11. The van der Waals surface area contributed by atoms with Crippen molar-refractivity contribution in [3.8, 4) is 5.82 Å². The number of nitrogens with two attached hydrogens (primary N) is 1. The molecular formula is C18H19N9O5. The smallest absolute Gasteiger partial charge is 0.336 e. The van der Waals surface area contributed by atoms with Crippen molar-refractivity contribution in [1.82, 2.24) is 35.6 Å². The SMILES string of the molecule is Nc1nonc1-n1nnc(CN2CCOCC2)c1C(=O)N/N=C/c1ccccc1C(=O)O. The number of hydrogen-bond donors (Lipinski definition) is 3. The zero-order valence-electron chi connectivity index (χ0n) is 16.7. The summed E-state index contributed by atoms with van der Waals surface area (Å²) in [7, 11) is 0. The summed E-state index contributed by atoms with van der Waals surface area (Å²) < 4.78 is 11.1. The minimum Gasteiger partial charge on any atom is -0.478 e. The second-order valence-corrected chi connectivity index (χ2v) is 6.75. The number of carboxylic acids is 1. The Kier molecular flexibility index (Phi) is 6.14. The van der Waals surface area contributed by atoms with Crippen LogP contribution in [-0.4, -0.2) is 79.7 Å². The average Bonchev–Trinajstić information content (AvgIpc) is 3.40. The Morgan fingerprint density at radius 3 is 2.75 bits per heavy atom. The highest BCUT2D eigenvalue weighted by Crippen LogP contribution is 2.17. The second-order valence-electron chi connectivity index (χ2n) is 6.75. The molecule has 0 radical (unpaired) electrons. The molecule has 14 nitrogen and oxygen atoms in total. The maximum Gasteiger partial charge on any atom is 0.336 e. The normalized spacial score (nSPS) is 14.6. The van der Waals surface area contributed by atoms with Crippen molar-refractivity contribution in [2.45, 2.75) is 6.54 Å². The molecule has 1 aromatic carbocycles. The van der Waals surface area contributed by atoms with Crippen molar-refractivity contribution in [3.05, 3.63) is 46.8 Å². The number of carbonyl (C=O) groups is 2. The van der Waals surface area contributed by atoms with E-state index in [9.17, 15) is 14.7 Å². The molecule has 1 saturated heterocycles. The van der Waals surface area contributed by atoms with E-state index in [1.54, 1.807) is 18.2 Å². The monoisotopic (exact) mass is 441 g/mol. The number of carboxylic acid groups (broad SMARTS) is 1. The Morgan fingerprint density at radius 2 is 2.03 bits per heavy atom. The van der Waals surface area contributed by atoms with Crippen LogP contribution in [-0.2, 0) is 11.3 Å². The van der Waals surface area contributed by atoms with Crippen LogP contribution in [0.15, 0.2) is 34.0 Å². The van der Waals surface area contributed by atoms with E-state index in [0.717, 1.165) is 4.68 Å². The van der Waals surface area contributed by atoms with E-state index >= 15 is 0 Å². The summed E-state index contributed by atoms with van der Waals surface area (Å²) in [6, 6.07) is 6.26. The van der Waals surface area contributed by atoms with Crippen LogP contribution in [0.3, 0.4) is 0 Å². The number of benzene rings is 1. The molecule has 0 unspecified atom stereocenters. The Bertz CT molecular complexity index is 1150. The molecule has 0 atom stereocenters. The second kappa shape index (κ2) is 9.32. The number of hydrazone groups is 1. The van der Waals surface area contributed by atoms with Crippen molar-refractivity contribution in [2.24, 2.45) is 5.10 Å². The molecule has 0 saturated carbocycles. The van der Waals surface area contributed by atoms with Gasteiger partial charge in [0.05, 0.1) is 25.0 Å². The Hall–Kier alpha value is -4.17. The first-order chi connectivity index (χ1) is 15.5. The zero-order valence-corrected chi connectivity index (χ0v) is 16.7. The minimum absolute atomic E-state index is 0.0103. The van der Waals surface area contributed by atoms with Gasteiger partial charge in [-0.25, -0.2) is 14.8 Å². The molecular weight excluding hydrogens is 422 g/mol. The summed E-state index contributed by atoms with van der Waals surface area (Å²) in [4.78, 5) is 26.4. The first-order valence-electron chi connectivity index (χ1n) is 9.53. The van der Waals surface area contributed by atoms with E-state index in [2.05, 4.69) is 40.7 Å². The van der Waals surface area contributed by atoms with E-state index in [4.69, 9.17) is 10.5 Å². The summed E-state index contributed by atoms with van der Waals surface area (Å²) in [5, 5.41) is 28.4. The first kappa shape index (κ1) is 21.1. The summed E-state index contributed by atoms with van der Waals surface area (Å²) in [6.45, 7) is 2.83. The van der Waals surface area contributed by atoms with Crippen molar-refractivity contribution < 1.29 is 24.1 Å². The Labute approximate surface area is 180 Å². The number of amides is 1. The molecule has 1 amide bonds. The van der Waals surface area contributed by atoms with Gasteiger partial charge >= 0.3 is 5.97 Å². The number of ether oxygens (including phenoxy) is 1. The molecule has 0 aliphatic carbocycles. The van der Waals surface area contributed by atoms with Gasteiger partial charge in [-0.1, -0.05) is 23.4 Å². The number of rotatable bonds is 7. The third-order valence-electron chi connectivity index (χ3n) is 4.69. The van der Waals surface area contributed by atoms with E-state index in [1.807, 2.05) is 0 Å². The number of carbonyl (C=O) groups excluding carboxylic acids is 1. The highest BCUT2D eigenvalue weighted by atomic mass is 16.6. The number of aromatic nitrogens is 5. The molecule has 14 heteroatoms. The van der Waals surface area contributed by atoms with Gasteiger partial charge in [-0.2, -0.15) is 9.78 Å². The number of nitrogens with one attached hydrogen (secondary N) is 1. The first-order valence-corrected chi connectivity index (χ1v) is 9.53. The van der Waals surface area contributed by atoms with Gasteiger partial charge in [0.1, 0.15) is 5.69 Å². The van der Waals surface area contributed by atoms with Crippen LogP contribution in [0.25, 0.3) is 5.82 Å². The lowest BCUT2D eigenvalue weighted by Crippen LogP contribution is -2.36. The predicted molar refractivity (Wildman–Crippen MR) is 108 cm³/mol. The van der Waals surface area contributed by atoms with E-state index in [-0.39, 0.29) is 22.9 Å². The van der Waals surface area contributed by atoms with Crippen LogP contribution in [0, 0.1) is 0 Å². The molecule has 2 aromatic heterocycles. The van der Waals surface area contributed by atoms with Crippen LogP contribution in [0.4, 0.5) is 5.82 Å². The van der Waals surface area contributed by atoms with Crippen molar-refractivity contribution in [3.63, 3.8) is 0 Å². The topological polar surface area (TPSA) is 187 Å². The quantitative estimate of drug-likeness (QED) is 0.317. The van der Waals surface area contributed by atoms with E-state index in [0.29, 0.717) is 44.1 Å². The zero-order chi connectivity index (χ0) is 22.5. The van der Waals surface area contributed by atoms with Crippen molar-refractivity contribution >= 4 is 23.9 Å². The highest BCUT2D eigenvalue weighted by molar-refractivity contribution is 5.99. The summed E-state index contributed by atoms with van der Waals surface area (Å²) >= 11 is 0. The van der Waals surface area contributed by atoms with Gasteiger partial charge in [0.2, 0.25) is 11.6 Å². The van der Waals surface area contributed by atoms with Gasteiger partial charge in [0.25, 0.3) is 5.91 Å². The third kappa shape index (κ3) is 4.45. The number of nitrogens with zero attached hydrogens (tertiary/aromatic N) is 7. The largest absolute Gasteiger partial charge is 0.478 e. The number of hydrogen-bond acceptors (Lipinski definition) is 11. The average molecular weight is 441 g/mol. The Balaban J connectivity index is 1.60. The number of anilines is 1. The molecule has 0 spiro atoms. The number of morpholine rings is 1. The van der Waals surface area contributed by atoms with Crippen molar-refractivity contribution in [1.29, 1.82) is 0 Å². The van der Waals surface area contributed by atoms with Crippen LogP contribution in [0.5, 0.6) is 0 Å². The maximum atomic E-state index is 13.0. The summed E-state index contributed by atoms with van der Waals surface area (Å²) in [5.74, 6) is -1.82. The van der Waals surface area contributed by atoms with Gasteiger partial charge in [-0.3, -0.25) is 9.69 Å². The third-order valence-corrected chi connectivity index (χ3v) is 4.69. The van der Waals surface area contributed by atoms with Gasteiger partial charge in [-0.05, 0) is 16.4 Å². The molecule has 3 heterocycles. The van der Waals surface area contributed by atoms with E-state index in [1.165, 1.54) is 12.3 Å². The highest BCUT2D eigenvalue weighted by Gasteiger charge is 2.26. The summed E-state index contributed by atoms with van der Waals surface area (Å²) in [6.07, 6.45) is 1.24. The lowest BCUT2D eigenvalue weighted by atomic mass is 10.1. The summed E-state index contributed by atoms with van der Waals surface area (Å²) in [5.41, 5.74) is 8.91. The standard InChI is InChI=1S/C18H19N9O5/c19-15-16(24-32-23-15)27-14(13(21-25-27)10-26-5-7-31-8-6-26)17(28)22-20-9-11-3-1-2-4-12(11)18(29)30/h1-4,9H,5-8,10H2,(H2,19,23)(H,22,28)(H,29,30)/b20-9+. The molecule has 0 bridgehead atoms. The molecule has 32 heavy (non-hydrogen) atoms. The lowest BCUT2D eigenvalue weighted by molar-refractivity contribution is 0.0335. The fourth-order valence-electron chi connectivity index (χ4n) is 3.12. The number of aromatic carboxylic acids is 1. The van der Waals surface area contributed by atoms with Crippen LogP contribution >= 0.6 is 0 Å². The molecule has 4 rings (SSSR count). The Morgan fingerprint density at radius 1 is 1.25 bits per heavy atom. The predicted octanol–water partition coefficient (Wildman–Crippen LogP) is -0.473. The van der Waals surface area contributed by atoms with Gasteiger partial charge < -0.3 is 15.6 Å². The molecule has 1 fully saturated rings. The molecule has 3 aromatic rings. The molecule has 166 valence electrons. The molecule has 1 aliphatic rings. The van der Waals surface area contributed by atoms with E-state index < -0.39 is 11.9 Å². The van der Waals surface area contributed by atoms with Gasteiger partial charge in [0, 0.05) is 25.2 Å². The van der Waals surface area contributed by atoms with Crippen LogP contribution in [0.1, 0.15) is 32.1 Å². The fraction of sp³-hybridized carbons (Fsp3) is 0.278. The fourth-order valence-corrected chi connectivity index (χ4v) is 3.12. The molecule has 4 N–H and O–H groups in total. The van der Waals surface area contributed by atoms with Crippen LogP contribution < -0.4 is 11.2 Å². The maximum absolute atomic E-state index is 13.0. The van der Waals surface area contributed by atoms with Crippen molar-refractivity contribution in [2.75, 3.05) is 32.0 Å². The molecule has 1 aliphatic heterocycles. The number of nitrogen functional groups attached to an aromatic ring is 1. The lowest BCUT2D eigenvalue weighted by Gasteiger charge is -2.25. The van der Waals surface area contributed by atoms with Crippen LogP contribution in [0.2, 0.25) is 0 Å². The van der Waals surface area contributed by atoms with Gasteiger partial charge in [-0.15, -0.1) is 5.10 Å².